The first kappa shape index (κ1) is 18.4. The van der Waals surface area contributed by atoms with Gasteiger partial charge in [0.05, 0.1) is 34.6 Å². The van der Waals surface area contributed by atoms with E-state index in [-0.39, 0.29) is 27.0 Å². The Bertz CT molecular complexity index is 854. The Morgan fingerprint density at radius 2 is 1.92 bits per heavy atom. The highest BCUT2D eigenvalue weighted by molar-refractivity contribution is 6.35. The average molecular weight is 395 g/mol. The van der Waals surface area contributed by atoms with Crippen molar-refractivity contribution in [2.45, 2.75) is 12.8 Å². The number of halogens is 2. The fourth-order valence-corrected chi connectivity index (χ4v) is 2.98. The minimum atomic E-state index is -0.540. The second kappa shape index (κ2) is 7.88. The van der Waals surface area contributed by atoms with E-state index < -0.39 is 11.9 Å². The van der Waals surface area contributed by atoms with Crippen LogP contribution in [0.4, 0.5) is 11.6 Å². The first-order chi connectivity index (χ1) is 12.5. The molecule has 3 rings (SSSR count). The zero-order chi connectivity index (χ0) is 18.7. The van der Waals surface area contributed by atoms with Crippen LogP contribution in [0.3, 0.4) is 0 Å². The molecular weight excluding hydrogens is 379 g/mol. The third-order valence-electron chi connectivity index (χ3n) is 3.97. The Morgan fingerprint density at radius 3 is 2.62 bits per heavy atom. The summed E-state index contributed by atoms with van der Waals surface area (Å²) in [6.07, 6.45) is 3.52. The van der Waals surface area contributed by atoms with Gasteiger partial charge in [0.2, 0.25) is 5.95 Å². The largest absolute Gasteiger partial charge is 0.465 e. The molecule has 0 spiro atoms. The summed E-state index contributed by atoms with van der Waals surface area (Å²) in [6.45, 7) is 1.69. The molecule has 1 saturated heterocycles. The van der Waals surface area contributed by atoms with E-state index in [1.807, 2.05) is 4.90 Å². The van der Waals surface area contributed by atoms with E-state index in [0.29, 0.717) is 5.95 Å². The molecule has 2 heterocycles. The van der Waals surface area contributed by atoms with Crippen molar-refractivity contribution in [3.63, 3.8) is 0 Å². The number of hydrogen-bond donors (Lipinski definition) is 1. The minimum Gasteiger partial charge on any atom is -0.465 e. The molecule has 7 nitrogen and oxygen atoms in total. The number of hydrogen-bond acceptors (Lipinski definition) is 6. The van der Waals surface area contributed by atoms with E-state index in [1.54, 1.807) is 0 Å². The van der Waals surface area contributed by atoms with Gasteiger partial charge in [0.1, 0.15) is 0 Å². The quantitative estimate of drug-likeness (QED) is 0.799. The summed E-state index contributed by atoms with van der Waals surface area (Å²) in [5, 5.41) is 3.04. The van der Waals surface area contributed by atoms with Crippen LogP contribution in [0.2, 0.25) is 10.0 Å². The molecule has 9 heteroatoms. The lowest BCUT2D eigenvalue weighted by Gasteiger charge is -2.16. The molecule has 1 aromatic heterocycles. The summed E-state index contributed by atoms with van der Waals surface area (Å²) in [6, 6.07) is 4.44. The molecule has 0 aliphatic carbocycles. The van der Waals surface area contributed by atoms with Crippen LogP contribution in [0.15, 0.2) is 24.4 Å². The van der Waals surface area contributed by atoms with Crippen molar-refractivity contribution in [1.29, 1.82) is 0 Å². The van der Waals surface area contributed by atoms with E-state index in [2.05, 4.69) is 20.0 Å². The fraction of sp³-hybridized carbons (Fsp3) is 0.294. The number of nitrogens with one attached hydrogen (secondary N) is 1. The van der Waals surface area contributed by atoms with Gasteiger partial charge in [-0.2, -0.15) is 0 Å². The second-order valence-corrected chi connectivity index (χ2v) is 6.52. The molecular formula is C17H16Cl2N4O3. The molecule has 1 fully saturated rings. The minimum absolute atomic E-state index is 0.0445. The van der Waals surface area contributed by atoms with E-state index in [1.165, 1.54) is 31.5 Å². The SMILES string of the molecule is COC(=O)c1ccc(Cl)c(NC(=O)c2nc(N3CCCC3)ncc2Cl)c1. The molecule has 0 radical (unpaired) electrons. The fourth-order valence-electron chi connectivity index (χ4n) is 2.63. The number of rotatable bonds is 4. The Kier molecular flexibility index (Phi) is 5.58. The van der Waals surface area contributed by atoms with Crippen molar-refractivity contribution in [3.05, 3.63) is 45.7 Å². The molecule has 0 saturated carbocycles. The number of ether oxygens (including phenoxy) is 1. The number of nitrogens with zero attached hydrogens (tertiary/aromatic N) is 3. The number of methoxy groups -OCH3 is 1. The van der Waals surface area contributed by atoms with Crippen LogP contribution in [0, 0.1) is 0 Å². The maximum Gasteiger partial charge on any atom is 0.337 e. The van der Waals surface area contributed by atoms with Crippen LogP contribution in [0.25, 0.3) is 0 Å². The first-order valence-electron chi connectivity index (χ1n) is 7.96. The van der Waals surface area contributed by atoms with Gasteiger partial charge in [-0.15, -0.1) is 0 Å². The van der Waals surface area contributed by atoms with Crippen molar-refractivity contribution in [2.75, 3.05) is 30.4 Å². The number of carbonyl (C=O) groups is 2. The van der Waals surface area contributed by atoms with Crippen molar-refractivity contribution in [3.8, 4) is 0 Å². The van der Waals surface area contributed by atoms with E-state index in [0.717, 1.165) is 25.9 Å². The summed E-state index contributed by atoms with van der Waals surface area (Å²) in [4.78, 5) is 34.8. The molecule has 1 amide bonds. The molecule has 0 bridgehead atoms. The summed E-state index contributed by atoms with van der Waals surface area (Å²) in [5.41, 5.74) is 0.568. The molecule has 1 N–H and O–H groups in total. The zero-order valence-corrected chi connectivity index (χ0v) is 15.5. The monoisotopic (exact) mass is 394 g/mol. The highest BCUT2D eigenvalue weighted by Gasteiger charge is 2.20. The van der Waals surface area contributed by atoms with Crippen molar-refractivity contribution in [2.24, 2.45) is 0 Å². The molecule has 26 heavy (non-hydrogen) atoms. The van der Waals surface area contributed by atoms with E-state index in [9.17, 15) is 9.59 Å². The topological polar surface area (TPSA) is 84.4 Å². The smallest absolute Gasteiger partial charge is 0.337 e. The van der Waals surface area contributed by atoms with Gasteiger partial charge in [0, 0.05) is 13.1 Å². The van der Waals surface area contributed by atoms with Crippen molar-refractivity contribution in [1.82, 2.24) is 9.97 Å². The summed E-state index contributed by atoms with van der Waals surface area (Å²) >= 11 is 12.2. The van der Waals surface area contributed by atoms with E-state index in [4.69, 9.17) is 23.2 Å². The highest BCUT2D eigenvalue weighted by atomic mass is 35.5. The number of carbonyl (C=O) groups excluding carboxylic acids is 2. The maximum atomic E-state index is 12.6. The third-order valence-corrected chi connectivity index (χ3v) is 4.58. The predicted octanol–water partition coefficient (Wildman–Crippen LogP) is 3.42. The normalized spacial score (nSPS) is 13.6. The van der Waals surface area contributed by atoms with Crippen LogP contribution < -0.4 is 10.2 Å². The van der Waals surface area contributed by atoms with Crippen molar-refractivity contribution < 1.29 is 14.3 Å². The molecule has 136 valence electrons. The molecule has 1 aliphatic rings. The van der Waals surface area contributed by atoms with Crippen LogP contribution >= 0.6 is 23.2 Å². The molecule has 1 aliphatic heterocycles. The van der Waals surface area contributed by atoms with Crippen LogP contribution in [-0.4, -0.2) is 42.0 Å². The van der Waals surface area contributed by atoms with Gasteiger partial charge in [-0.3, -0.25) is 4.79 Å². The third kappa shape index (κ3) is 3.89. The molecule has 0 atom stereocenters. The summed E-state index contributed by atoms with van der Waals surface area (Å²) in [7, 11) is 1.27. The summed E-state index contributed by atoms with van der Waals surface area (Å²) < 4.78 is 4.67. The van der Waals surface area contributed by atoms with Gasteiger partial charge < -0.3 is 15.0 Å². The van der Waals surface area contributed by atoms with Gasteiger partial charge in [-0.25, -0.2) is 14.8 Å². The number of aromatic nitrogens is 2. The number of benzene rings is 1. The lowest BCUT2D eigenvalue weighted by molar-refractivity contribution is 0.0600. The van der Waals surface area contributed by atoms with Crippen LogP contribution in [-0.2, 0) is 4.74 Å². The predicted molar refractivity (Wildman–Crippen MR) is 99.2 cm³/mol. The summed E-state index contributed by atoms with van der Waals surface area (Å²) in [5.74, 6) is -0.609. The second-order valence-electron chi connectivity index (χ2n) is 5.70. The number of amides is 1. The van der Waals surface area contributed by atoms with Crippen LogP contribution in [0.1, 0.15) is 33.7 Å². The number of esters is 1. The van der Waals surface area contributed by atoms with Gasteiger partial charge in [0.25, 0.3) is 5.91 Å². The Hall–Kier alpha value is -2.38. The zero-order valence-electron chi connectivity index (χ0n) is 14.0. The number of anilines is 2. The Balaban J connectivity index is 1.86. The van der Waals surface area contributed by atoms with Gasteiger partial charge >= 0.3 is 5.97 Å². The first-order valence-corrected chi connectivity index (χ1v) is 8.72. The van der Waals surface area contributed by atoms with Gasteiger partial charge in [-0.05, 0) is 31.0 Å². The lowest BCUT2D eigenvalue weighted by atomic mass is 10.2. The molecule has 1 aromatic carbocycles. The van der Waals surface area contributed by atoms with Gasteiger partial charge in [-0.1, -0.05) is 23.2 Å². The molecule has 0 unspecified atom stereocenters. The molecule has 2 aromatic rings. The lowest BCUT2D eigenvalue weighted by Crippen LogP contribution is -2.23. The standard InChI is InChI=1S/C17H16Cl2N4O3/c1-26-16(25)10-4-5-11(18)13(8-10)21-15(24)14-12(19)9-20-17(22-14)23-6-2-3-7-23/h4-5,8-9H,2-3,6-7H2,1H3,(H,21,24). The Morgan fingerprint density at radius 1 is 1.19 bits per heavy atom. The van der Waals surface area contributed by atoms with Crippen molar-refractivity contribution >= 4 is 46.7 Å². The average Bonchev–Trinajstić information content (AvgIpc) is 3.18. The van der Waals surface area contributed by atoms with Gasteiger partial charge in [0.15, 0.2) is 5.69 Å². The van der Waals surface area contributed by atoms with Crippen LogP contribution in [0.5, 0.6) is 0 Å². The van der Waals surface area contributed by atoms with E-state index >= 15 is 0 Å². The Labute approximate surface area is 160 Å². The highest BCUT2D eigenvalue weighted by Crippen LogP contribution is 2.26. The maximum absolute atomic E-state index is 12.6.